The number of benzene rings is 3. The minimum Gasteiger partial charge on any atom is -0.870 e. The van der Waals surface area contributed by atoms with Gasteiger partial charge in [-0.1, -0.05) is 53.1 Å². The van der Waals surface area contributed by atoms with Crippen molar-refractivity contribution in [2.75, 3.05) is 0 Å². The topological polar surface area (TPSA) is 74.8 Å². The maximum atomic E-state index is 13.3. The molecule has 3 aromatic carbocycles. The van der Waals surface area contributed by atoms with Crippen molar-refractivity contribution in [1.29, 1.82) is 0 Å². The Bertz CT molecular complexity index is 787. The molecule has 0 radical (unpaired) electrons. The molecule has 142 valence electrons. The summed E-state index contributed by atoms with van der Waals surface area (Å²) in [4.78, 5) is 0. The molecule has 0 aliphatic heterocycles. The average Bonchev–Trinajstić information content (AvgIpc) is 2.61. The van der Waals surface area contributed by atoms with E-state index in [1.54, 1.807) is 36.4 Å². The number of hydrogen-bond donors (Lipinski definition) is 0. The SMILES string of the molecule is Cc1ccc(OP(=O)(Oc2ccc(C)cc2)Oc2ccc(C)cc2)cc1.[K+].[OH-]. The molecule has 3 aromatic rings. The second kappa shape index (κ2) is 11.2. The molecule has 0 fully saturated rings. The fraction of sp³-hybridized carbons (Fsp3) is 0.143. The molecule has 0 saturated carbocycles. The molecule has 28 heavy (non-hydrogen) atoms. The minimum atomic E-state index is -3.93. The number of rotatable bonds is 6. The largest absolute Gasteiger partial charge is 1.00 e. The van der Waals surface area contributed by atoms with E-state index in [1.807, 2.05) is 57.2 Å². The zero-order valence-electron chi connectivity index (χ0n) is 16.5. The molecule has 7 heteroatoms. The predicted octanol–water partition coefficient (Wildman–Crippen LogP) is 3.08. The van der Waals surface area contributed by atoms with Gasteiger partial charge in [-0.15, -0.1) is 0 Å². The van der Waals surface area contributed by atoms with E-state index in [0.717, 1.165) is 16.7 Å². The van der Waals surface area contributed by atoms with Crippen LogP contribution < -0.4 is 65.0 Å². The average molecular weight is 424 g/mol. The van der Waals surface area contributed by atoms with Crippen LogP contribution in [0.4, 0.5) is 0 Å². The molecule has 0 spiro atoms. The number of hydrogen-bond acceptors (Lipinski definition) is 5. The zero-order chi connectivity index (χ0) is 18.6. The third-order valence-electron chi connectivity index (χ3n) is 3.71. The smallest absolute Gasteiger partial charge is 0.870 e. The molecular formula is C21H22KO5P. The van der Waals surface area contributed by atoms with E-state index in [1.165, 1.54) is 0 Å². The van der Waals surface area contributed by atoms with Crippen LogP contribution in [0.3, 0.4) is 0 Å². The van der Waals surface area contributed by atoms with Crippen LogP contribution in [0, 0.1) is 20.8 Å². The van der Waals surface area contributed by atoms with Gasteiger partial charge in [-0.2, -0.15) is 4.57 Å². The van der Waals surface area contributed by atoms with Crippen molar-refractivity contribution < 1.29 is 75.0 Å². The van der Waals surface area contributed by atoms with Gasteiger partial charge in [-0.3, -0.25) is 0 Å². The number of aryl methyl sites for hydroxylation is 3. The number of phosphoric ester groups is 1. The fourth-order valence-electron chi connectivity index (χ4n) is 2.24. The Hall–Kier alpha value is -1.11. The first kappa shape index (κ1) is 24.9. The zero-order valence-corrected chi connectivity index (χ0v) is 20.5. The van der Waals surface area contributed by atoms with E-state index in [4.69, 9.17) is 13.6 Å². The Morgan fingerprint density at radius 3 is 0.964 bits per heavy atom. The van der Waals surface area contributed by atoms with E-state index >= 15 is 0 Å². The van der Waals surface area contributed by atoms with Crippen LogP contribution in [0.5, 0.6) is 17.2 Å². The van der Waals surface area contributed by atoms with Crippen LogP contribution >= 0.6 is 7.82 Å². The first-order valence-electron chi connectivity index (χ1n) is 8.31. The Kier molecular flexibility index (Phi) is 9.94. The Balaban J connectivity index is 0.00000196. The standard InChI is InChI=1S/C21H21O4P.K.H2O/c1-16-4-10-19(11-5-16)23-26(22,24-20-12-6-17(2)7-13-20)25-21-14-8-18(3)9-15-21;;/h4-15H,1-3H3;;1H2/q;+1;/p-1. The second-order valence-corrected chi connectivity index (χ2v) is 7.60. The van der Waals surface area contributed by atoms with Crippen LogP contribution in [0.1, 0.15) is 16.7 Å². The molecule has 0 aromatic heterocycles. The Morgan fingerprint density at radius 1 is 0.536 bits per heavy atom. The molecule has 0 unspecified atom stereocenters. The van der Waals surface area contributed by atoms with Gasteiger partial charge in [0, 0.05) is 0 Å². The monoisotopic (exact) mass is 424 g/mol. The van der Waals surface area contributed by atoms with Crippen molar-refractivity contribution >= 4 is 7.82 Å². The molecule has 0 amide bonds. The summed E-state index contributed by atoms with van der Waals surface area (Å²) in [6.45, 7) is 5.90. The van der Waals surface area contributed by atoms with Crippen molar-refractivity contribution in [3.8, 4) is 17.2 Å². The maximum Gasteiger partial charge on any atom is 1.00 e. The van der Waals surface area contributed by atoms with Crippen molar-refractivity contribution in [2.24, 2.45) is 0 Å². The first-order valence-corrected chi connectivity index (χ1v) is 9.77. The van der Waals surface area contributed by atoms with Gasteiger partial charge in [0.15, 0.2) is 0 Å². The summed E-state index contributed by atoms with van der Waals surface area (Å²) in [5.41, 5.74) is 3.23. The van der Waals surface area contributed by atoms with Crippen molar-refractivity contribution in [2.45, 2.75) is 20.8 Å². The van der Waals surface area contributed by atoms with Crippen LogP contribution in [0.25, 0.3) is 0 Å². The molecule has 0 aliphatic rings. The molecule has 0 bridgehead atoms. The quantitative estimate of drug-likeness (QED) is 0.449. The summed E-state index contributed by atoms with van der Waals surface area (Å²) in [7, 11) is -3.93. The Labute approximate surface area is 208 Å². The van der Waals surface area contributed by atoms with Crippen LogP contribution in [-0.4, -0.2) is 5.48 Å². The third-order valence-corrected chi connectivity index (χ3v) is 5.02. The van der Waals surface area contributed by atoms with Gasteiger partial charge in [0.1, 0.15) is 17.2 Å². The van der Waals surface area contributed by atoms with Crippen LogP contribution in [0.2, 0.25) is 0 Å². The third kappa shape index (κ3) is 7.37. The summed E-state index contributed by atoms with van der Waals surface area (Å²) in [5.74, 6) is 1.24. The second-order valence-electron chi connectivity index (χ2n) is 6.16. The molecular weight excluding hydrogens is 402 g/mol. The van der Waals surface area contributed by atoms with Crippen LogP contribution in [0.15, 0.2) is 72.8 Å². The van der Waals surface area contributed by atoms with Crippen molar-refractivity contribution in [3.63, 3.8) is 0 Å². The van der Waals surface area contributed by atoms with E-state index < -0.39 is 7.82 Å². The van der Waals surface area contributed by atoms with E-state index in [0.29, 0.717) is 17.2 Å². The number of phosphoric acid groups is 1. The fourth-order valence-corrected chi connectivity index (χ4v) is 3.49. The summed E-state index contributed by atoms with van der Waals surface area (Å²) < 4.78 is 30.2. The van der Waals surface area contributed by atoms with E-state index in [-0.39, 0.29) is 56.9 Å². The maximum absolute atomic E-state index is 13.3. The summed E-state index contributed by atoms with van der Waals surface area (Å²) in [6.07, 6.45) is 0. The normalized spacial score (nSPS) is 10.2. The molecule has 0 saturated heterocycles. The van der Waals surface area contributed by atoms with Gasteiger partial charge >= 0.3 is 59.2 Å². The van der Waals surface area contributed by atoms with E-state index in [2.05, 4.69) is 0 Å². The van der Waals surface area contributed by atoms with Gasteiger partial charge in [0.25, 0.3) is 0 Å². The van der Waals surface area contributed by atoms with E-state index in [9.17, 15) is 4.57 Å². The molecule has 5 nitrogen and oxygen atoms in total. The first-order chi connectivity index (χ1) is 12.4. The van der Waals surface area contributed by atoms with Crippen molar-refractivity contribution in [1.82, 2.24) is 0 Å². The van der Waals surface area contributed by atoms with Gasteiger partial charge in [0.2, 0.25) is 0 Å². The van der Waals surface area contributed by atoms with Gasteiger partial charge in [-0.05, 0) is 57.2 Å². The summed E-state index contributed by atoms with van der Waals surface area (Å²) >= 11 is 0. The Morgan fingerprint density at radius 2 is 0.750 bits per heavy atom. The molecule has 0 heterocycles. The summed E-state index contributed by atoms with van der Waals surface area (Å²) in [5, 5.41) is 0. The van der Waals surface area contributed by atoms with Gasteiger partial charge in [-0.25, -0.2) is 0 Å². The van der Waals surface area contributed by atoms with Gasteiger partial charge < -0.3 is 19.0 Å². The molecule has 0 atom stereocenters. The predicted molar refractivity (Wildman–Crippen MR) is 105 cm³/mol. The van der Waals surface area contributed by atoms with Crippen molar-refractivity contribution in [3.05, 3.63) is 89.5 Å². The molecule has 1 N–H and O–H groups in total. The molecule has 0 aliphatic carbocycles. The minimum absolute atomic E-state index is 0. The molecule has 3 rings (SSSR count). The van der Waals surface area contributed by atoms with Crippen LogP contribution in [-0.2, 0) is 4.57 Å². The summed E-state index contributed by atoms with van der Waals surface area (Å²) in [6, 6.07) is 21.6. The van der Waals surface area contributed by atoms with Gasteiger partial charge in [0.05, 0.1) is 0 Å².